The number of hydrogen-bond donors (Lipinski definition) is 2. The third kappa shape index (κ3) is 2.66. The van der Waals surface area contributed by atoms with Crippen molar-refractivity contribution in [3.05, 3.63) is 60.0 Å². The molecule has 3 aromatic rings. The van der Waals surface area contributed by atoms with Gasteiger partial charge in [0.2, 0.25) is 0 Å². The van der Waals surface area contributed by atoms with Crippen molar-refractivity contribution in [2.45, 2.75) is 6.42 Å². The molecule has 0 aliphatic rings. The van der Waals surface area contributed by atoms with E-state index in [1.807, 2.05) is 30.5 Å². The molecule has 100 valence electrons. The Morgan fingerprint density at radius 1 is 1.25 bits per heavy atom. The Kier molecular flexibility index (Phi) is 3.41. The van der Waals surface area contributed by atoms with Gasteiger partial charge < -0.3 is 5.32 Å². The zero-order valence-electron chi connectivity index (χ0n) is 10.8. The molecule has 5 heteroatoms. The lowest BCUT2D eigenvalue weighted by molar-refractivity contribution is 0.0954. The van der Waals surface area contributed by atoms with E-state index in [0.717, 1.165) is 22.9 Å². The normalized spacial score (nSPS) is 10.6. The summed E-state index contributed by atoms with van der Waals surface area (Å²) in [5.74, 6) is -0.0783. The highest BCUT2D eigenvalue weighted by Crippen LogP contribution is 2.12. The molecule has 1 amide bonds. The van der Waals surface area contributed by atoms with E-state index in [1.165, 1.54) is 0 Å². The van der Waals surface area contributed by atoms with Crippen LogP contribution in [0.5, 0.6) is 0 Å². The summed E-state index contributed by atoms with van der Waals surface area (Å²) in [6.45, 7) is 0.589. The fourth-order valence-electron chi connectivity index (χ4n) is 2.05. The van der Waals surface area contributed by atoms with Crippen molar-refractivity contribution in [3.63, 3.8) is 0 Å². The second-order valence-corrected chi connectivity index (χ2v) is 4.54. The lowest BCUT2D eigenvalue weighted by Crippen LogP contribution is -2.25. The third-order valence-electron chi connectivity index (χ3n) is 3.13. The second kappa shape index (κ2) is 5.52. The topological polar surface area (TPSA) is 70.7 Å². The van der Waals surface area contributed by atoms with E-state index in [0.29, 0.717) is 12.1 Å². The minimum absolute atomic E-state index is 0.0783. The van der Waals surface area contributed by atoms with Crippen molar-refractivity contribution in [1.29, 1.82) is 0 Å². The number of carbonyl (C=O) groups excluding carboxylic acids is 1. The molecule has 0 atom stereocenters. The van der Waals surface area contributed by atoms with Crippen LogP contribution in [0.25, 0.3) is 10.9 Å². The molecule has 0 unspecified atom stereocenters. The number of nitrogens with zero attached hydrogens (tertiary/aromatic N) is 2. The lowest BCUT2D eigenvalue weighted by Gasteiger charge is -2.05. The van der Waals surface area contributed by atoms with Crippen molar-refractivity contribution in [3.8, 4) is 0 Å². The van der Waals surface area contributed by atoms with E-state index in [9.17, 15) is 4.79 Å². The predicted molar refractivity (Wildman–Crippen MR) is 76.4 cm³/mol. The fourth-order valence-corrected chi connectivity index (χ4v) is 2.05. The molecule has 0 aliphatic heterocycles. The first kappa shape index (κ1) is 12.3. The molecular formula is C15H14N4O. The van der Waals surface area contributed by atoms with Crippen LogP contribution in [0.3, 0.4) is 0 Å². The third-order valence-corrected chi connectivity index (χ3v) is 3.13. The van der Waals surface area contributed by atoms with Crippen LogP contribution in [0.2, 0.25) is 0 Å². The first-order chi connectivity index (χ1) is 9.83. The zero-order valence-corrected chi connectivity index (χ0v) is 10.8. The van der Waals surface area contributed by atoms with Gasteiger partial charge in [0.15, 0.2) is 0 Å². The quantitative estimate of drug-likeness (QED) is 0.758. The van der Waals surface area contributed by atoms with Gasteiger partial charge in [-0.25, -0.2) is 0 Å². The van der Waals surface area contributed by atoms with Gasteiger partial charge in [-0.2, -0.15) is 5.10 Å². The number of amides is 1. The molecule has 3 rings (SSSR count). The van der Waals surface area contributed by atoms with Crippen LogP contribution >= 0.6 is 0 Å². The molecule has 0 aliphatic carbocycles. The number of aromatic amines is 1. The number of aromatic nitrogens is 3. The number of hydrogen-bond acceptors (Lipinski definition) is 3. The maximum atomic E-state index is 12.0. The zero-order chi connectivity index (χ0) is 13.8. The smallest absolute Gasteiger partial charge is 0.251 e. The minimum atomic E-state index is -0.0783. The molecule has 0 fully saturated rings. The number of carbonyl (C=O) groups is 1. The molecule has 5 nitrogen and oxygen atoms in total. The number of benzene rings is 1. The number of H-pyrrole nitrogens is 1. The Morgan fingerprint density at radius 3 is 3.05 bits per heavy atom. The largest absolute Gasteiger partial charge is 0.352 e. The summed E-state index contributed by atoms with van der Waals surface area (Å²) in [4.78, 5) is 16.1. The highest BCUT2D eigenvalue weighted by molar-refractivity contribution is 5.97. The van der Waals surface area contributed by atoms with Gasteiger partial charge in [-0.3, -0.25) is 14.9 Å². The molecule has 0 bridgehead atoms. The van der Waals surface area contributed by atoms with Gasteiger partial charge >= 0.3 is 0 Å². The van der Waals surface area contributed by atoms with Gasteiger partial charge in [-0.1, -0.05) is 12.1 Å². The summed E-state index contributed by atoms with van der Waals surface area (Å²) in [5.41, 5.74) is 2.61. The maximum Gasteiger partial charge on any atom is 0.251 e. The van der Waals surface area contributed by atoms with Gasteiger partial charge in [-0.15, -0.1) is 0 Å². The number of pyridine rings is 1. The van der Waals surface area contributed by atoms with E-state index in [2.05, 4.69) is 20.5 Å². The number of nitrogens with one attached hydrogen (secondary N) is 2. The lowest BCUT2D eigenvalue weighted by atomic mass is 10.1. The minimum Gasteiger partial charge on any atom is -0.352 e. The first-order valence-corrected chi connectivity index (χ1v) is 6.43. The number of fused-ring (bicyclic) bond motifs is 1. The second-order valence-electron chi connectivity index (χ2n) is 4.54. The highest BCUT2D eigenvalue weighted by Gasteiger charge is 2.06. The van der Waals surface area contributed by atoms with Crippen LogP contribution in [0, 0.1) is 0 Å². The average molecular weight is 266 g/mol. The van der Waals surface area contributed by atoms with E-state index >= 15 is 0 Å². The molecule has 1 aromatic carbocycles. The van der Waals surface area contributed by atoms with Crippen LogP contribution in [0.15, 0.2) is 48.9 Å². The maximum absolute atomic E-state index is 12.0. The number of rotatable bonds is 4. The standard InChI is InChI=1S/C15H14N4O/c20-15(17-7-5-11-2-1-6-16-9-11)12-3-4-13-10-18-19-14(13)8-12/h1-4,6,8-10H,5,7H2,(H,17,20)(H,18,19). The molecule has 0 saturated carbocycles. The van der Waals surface area contributed by atoms with Crippen LogP contribution in [-0.4, -0.2) is 27.6 Å². The van der Waals surface area contributed by atoms with Crippen LogP contribution in [0.4, 0.5) is 0 Å². The Balaban J connectivity index is 1.61. The van der Waals surface area contributed by atoms with Gasteiger partial charge in [0, 0.05) is 29.9 Å². The van der Waals surface area contributed by atoms with E-state index in [1.54, 1.807) is 18.5 Å². The van der Waals surface area contributed by atoms with Gasteiger partial charge in [0.1, 0.15) is 0 Å². The summed E-state index contributed by atoms with van der Waals surface area (Å²) >= 11 is 0. The monoisotopic (exact) mass is 266 g/mol. The molecule has 2 aromatic heterocycles. The van der Waals surface area contributed by atoms with Crippen molar-refractivity contribution in [2.75, 3.05) is 6.54 Å². The van der Waals surface area contributed by atoms with Crippen LogP contribution in [0.1, 0.15) is 15.9 Å². The van der Waals surface area contributed by atoms with Crippen molar-refractivity contribution >= 4 is 16.8 Å². The van der Waals surface area contributed by atoms with Gasteiger partial charge in [-0.05, 0) is 30.2 Å². The molecule has 0 saturated heterocycles. The van der Waals surface area contributed by atoms with Crippen molar-refractivity contribution in [1.82, 2.24) is 20.5 Å². The molecule has 20 heavy (non-hydrogen) atoms. The van der Waals surface area contributed by atoms with E-state index in [-0.39, 0.29) is 5.91 Å². The Labute approximate surface area is 116 Å². The van der Waals surface area contributed by atoms with Crippen molar-refractivity contribution in [2.24, 2.45) is 0 Å². The summed E-state index contributed by atoms with van der Waals surface area (Å²) in [6, 6.07) is 9.38. The molecule has 0 spiro atoms. The highest BCUT2D eigenvalue weighted by atomic mass is 16.1. The Hall–Kier alpha value is -2.69. The summed E-state index contributed by atoms with van der Waals surface area (Å²) in [5, 5.41) is 10.7. The van der Waals surface area contributed by atoms with Gasteiger partial charge in [0.05, 0.1) is 11.7 Å². The SMILES string of the molecule is O=C(NCCc1cccnc1)c1ccc2cn[nH]c2c1. The van der Waals surface area contributed by atoms with Crippen LogP contribution in [-0.2, 0) is 6.42 Å². The Morgan fingerprint density at radius 2 is 2.20 bits per heavy atom. The molecular weight excluding hydrogens is 252 g/mol. The fraction of sp³-hybridized carbons (Fsp3) is 0.133. The first-order valence-electron chi connectivity index (χ1n) is 6.43. The molecule has 2 N–H and O–H groups in total. The average Bonchev–Trinajstić information content (AvgIpc) is 2.95. The van der Waals surface area contributed by atoms with Gasteiger partial charge in [0.25, 0.3) is 5.91 Å². The summed E-state index contributed by atoms with van der Waals surface area (Å²) < 4.78 is 0. The molecule has 0 radical (unpaired) electrons. The molecule has 2 heterocycles. The van der Waals surface area contributed by atoms with E-state index in [4.69, 9.17) is 0 Å². The van der Waals surface area contributed by atoms with E-state index < -0.39 is 0 Å². The van der Waals surface area contributed by atoms with Crippen molar-refractivity contribution < 1.29 is 4.79 Å². The predicted octanol–water partition coefficient (Wildman–Crippen LogP) is 1.93. The summed E-state index contributed by atoms with van der Waals surface area (Å²) in [7, 11) is 0. The van der Waals surface area contributed by atoms with Crippen LogP contribution < -0.4 is 5.32 Å². The Bertz CT molecular complexity index is 721. The summed E-state index contributed by atoms with van der Waals surface area (Å²) in [6.07, 6.45) is 6.05.